The first-order valence-corrected chi connectivity index (χ1v) is 5.45. The van der Waals surface area contributed by atoms with Crippen LogP contribution >= 0.6 is 0 Å². The minimum Gasteiger partial charge on any atom is -0.435 e. The molecule has 19 heavy (non-hydrogen) atoms. The van der Waals surface area contributed by atoms with Crippen LogP contribution in [0.5, 0.6) is 5.75 Å². The number of aryl methyl sites for hydroxylation is 1. The van der Waals surface area contributed by atoms with E-state index in [1.54, 1.807) is 25.3 Å². The molecule has 100 valence electrons. The van der Waals surface area contributed by atoms with Crippen LogP contribution in [0.25, 0.3) is 0 Å². The van der Waals surface area contributed by atoms with E-state index >= 15 is 0 Å². The van der Waals surface area contributed by atoms with Gasteiger partial charge in [-0.3, -0.25) is 0 Å². The number of benzene rings is 1. The molecule has 0 spiro atoms. The van der Waals surface area contributed by atoms with Gasteiger partial charge in [-0.2, -0.15) is 13.9 Å². The largest absolute Gasteiger partial charge is 0.435 e. The predicted octanol–water partition coefficient (Wildman–Crippen LogP) is 2.26. The maximum Gasteiger partial charge on any atom is 0.387 e. The number of halogens is 2. The van der Waals surface area contributed by atoms with Crippen LogP contribution in [-0.4, -0.2) is 22.5 Å². The third-order valence-corrected chi connectivity index (χ3v) is 2.25. The highest BCUT2D eigenvalue weighted by Crippen LogP contribution is 2.15. The van der Waals surface area contributed by atoms with Gasteiger partial charge in [0.1, 0.15) is 5.75 Å². The quantitative estimate of drug-likeness (QED) is 0.863. The third-order valence-electron chi connectivity index (χ3n) is 2.25. The molecule has 7 heteroatoms. The van der Waals surface area contributed by atoms with Gasteiger partial charge in [-0.25, -0.2) is 9.66 Å². The van der Waals surface area contributed by atoms with E-state index in [0.29, 0.717) is 5.56 Å². The summed E-state index contributed by atoms with van der Waals surface area (Å²) in [4.78, 5) is 3.98. The Morgan fingerprint density at radius 3 is 2.89 bits per heavy atom. The molecule has 2 N–H and O–H groups in total. The van der Waals surface area contributed by atoms with Crippen molar-refractivity contribution in [2.24, 2.45) is 5.10 Å². The van der Waals surface area contributed by atoms with Gasteiger partial charge >= 0.3 is 6.61 Å². The maximum atomic E-state index is 12.1. The Hall–Kier alpha value is -2.44. The molecule has 0 unspecified atom stereocenters. The van der Waals surface area contributed by atoms with Gasteiger partial charge in [-0.1, -0.05) is 12.1 Å². The van der Waals surface area contributed by atoms with E-state index in [1.807, 2.05) is 0 Å². The second-order valence-electron chi connectivity index (χ2n) is 3.78. The van der Waals surface area contributed by atoms with Gasteiger partial charge in [0, 0.05) is 0 Å². The fourth-order valence-electron chi connectivity index (χ4n) is 1.50. The third kappa shape index (κ3) is 3.51. The van der Waals surface area contributed by atoms with E-state index in [2.05, 4.69) is 14.8 Å². The smallest absolute Gasteiger partial charge is 0.387 e. The summed E-state index contributed by atoms with van der Waals surface area (Å²) in [5.41, 5.74) is 6.97. The number of rotatable bonds is 4. The summed E-state index contributed by atoms with van der Waals surface area (Å²) in [6, 6.07) is 6.21. The van der Waals surface area contributed by atoms with Crippen LogP contribution in [-0.2, 0) is 0 Å². The molecule has 0 bridgehead atoms. The minimum absolute atomic E-state index is 0.0775. The number of hydrogen-bond donors (Lipinski definition) is 1. The van der Waals surface area contributed by atoms with Crippen molar-refractivity contribution in [3.8, 4) is 5.75 Å². The average Bonchev–Trinajstić information content (AvgIpc) is 2.65. The van der Waals surface area contributed by atoms with E-state index in [0.717, 1.165) is 5.69 Å². The molecule has 0 radical (unpaired) electrons. The van der Waals surface area contributed by atoms with Gasteiger partial charge in [0.25, 0.3) is 0 Å². The molecule has 1 aromatic carbocycles. The second-order valence-corrected chi connectivity index (χ2v) is 3.78. The SMILES string of the molecule is Cc1cn(N=Cc2cccc(OC(F)F)c2)c(N)n1. The summed E-state index contributed by atoms with van der Waals surface area (Å²) in [7, 11) is 0. The van der Waals surface area contributed by atoms with Crippen LogP contribution in [0, 0.1) is 6.92 Å². The molecule has 5 nitrogen and oxygen atoms in total. The van der Waals surface area contributed by atoms with E-state index in [-0.39, 0.29) is 11.7 Å². The van der Waals surface area contributed by atoms with Gasteiger partial charge in [-0.05, 0) is 24.6 Å². The van der Waals surface area contributed by atoms with Crippen molar-refractivity contribution in [1.29, 1.82) is 0 Å². The predicted molar refractivity (Wildman–Crippen MR) is 67.4 cm³/mol. The highest BCUT2D eigenvalue weighted by molar-refractivity contribution is 5.80. The molecule has 0 saturated carbocycles. The van der Waals surface area contributed by atoms with E-state index < -0.39 is 6.61 Å². The zero-order valence-corrected chi connectivity index (χ0v) is 10.1. The number of nitrogen functional groups attached to an aromatic ring is 1. The molecular formula is C12H12F2N4O. The first-order valence-electron chi connectivity index (χ1n) is 5.45. The molecular weight excluding hydrogens is 254 g/mol. The lowest BCUT2D eigenvalue weighted by atomic mass is 10.2. The normalized spacial score (nSPS) is 11.4. The van der Waals surface area contributed by atoms with E-state index in [9.17, 15) is 8.78 Å². The van der Waals surface area contributed by atoms with Gasteiger partial charge in [0.15, 0.2) is 0 Å². The molecule has 2 aromatic rings. The number of hydrogen-bond acceptors (Lipinski definition) is 4. The Bertz CT molecular complexity index is 595. The van der Waals surface area contributed by atoms with Crippen molar-refractivity contribution < 1.29 is 13.5 Å². The fraction of sp³-hybridized carbons (Fsp3) is 0.167. The molecule has 0 atom stereocenters. The Morgan fingerprint density at radius 2 is 2.26 bits per heavy atom. The first-order chi connectivity index (χ1) is 9.04. The number of alkyl halides is 2. The van der Waals surface area contributed by atoms with Crippen molar-refractivity contribution in [1.82, 2.24) is 9.66 Å². The Morgan fingerprint density at radius 1 is 1.47 bits per heavy atom. The number of aromatic nitrogens is 2. The Kier molecular flexibility index (Phi) is 3.74. The molecule has 0 saturated heterocycles. The monoisotopic (exact) mass is 266 g/mol. The summed E-state index contributed by atoms with van der Waals surface area (Å²) >= 11 is 0. The van der Waals surface area contributed by atoms with Gasteiger partial charge in [0.2, 0.25) is 5.95 Å². The van der Waals surface area contributed by atoms with Gasteiger partial charge in [0.05, 0.1) is 18.1 Å². The molecule has 0 aliphatic carbocycles. The summed E-state index contributed by atoms with van der Waals surface area (Å²) in [5, 5.41) is 4.08. The van der Waals surface area contributed by atoms with Gasteiger partial charge in [-0.15, -0.1) is 0 Å². The molecule has 1 aromatic heterocycles. The Balaban J connectivity index is 2.16. The van der Waals surface area contributed by atoms with E-state index in [4.69, 9.17) is 5.73 Å². The number of imidazole rings is 1. The van der Waals surface area contributed by atoms with Crippen LogP contribution in [0.15, 0.2) is 35.6 Å². The molecule has 0 aliphatic heterocycles. The lowest BCUT2D eigenvalue weighted by molar-refractivity contribution is -0.0498. The second kappa shape index (κ2) is 5.47. The molecule has 0 aliphatic rings. The molecule has 0 fully saturated rings. The summed E-state index contributed by atoms with van der Waals surface area (Å²) in [6.45, 7) is -1.06. The van der Waals surface area contributed by atoms with Crippen LogP contribution in [0.1, 0.15) is 11.3 Å². The summed E-state index contributed by atoms with van der Waals surface area (Å²) < 4.78 is 29.8. The topological polar surface area (TPSA) is 65.4 Å². The van der Waals surface area contributed by atoms with Crippen LogP contribution in [0.4, 0.5) is 14.7 Å². The molecule has 1 heterocycles. The highest BCUT2D eigenvalue weighted by atomic mass is 19.3. The number of nitrogens with zero attached hydrogens (tertiary/aromatic N) is 3. The lowest BCUT2D eigenvalue weighted by Gasteiger charge is -2.04. The number of anilines is 1. The van der Waals surface area contributed by atoms with Crippen molar-refractivity contribution in [3.63, 3.8) is 0 Å². The van der Waals surface area contributed by atoms with Crippen LogP contribution in [0.3, 0.4) is 0 Å². The number of nitrogens with two attached hydrogens (primary N) is 1. The van der Waals surface area contributed by atoms with Crippen molar-refractivity contribution in [2.75, 3.05) is 5.73 Å². The maximum absolute atomic E-state index is 12.1. The Labute approximate surface area is 108 Å². The molecule has 0 amide bonds. The van der Waals surface area contributed by atoms with Crippen molar-refractivity contribution in [2.45, 2.75) is 13.5 Å². The van der Waals surface area contributed by atoms with Crippen LogP contribution in [0.2, 0.25) is 0 Å². The zero-order valence-electron chi connectivity index (χ0n) is 10.1. The zero-order chi connectivity index (χ0) is 13.8. The lowest BCUT2D eigenvalue weighted by Crippen LogP contribution is -2.02. The summed E-state index contributed by atoms with van der Waals surface area (Å²) in [5.74, 6) is 0.336. The van der Waals surface area contributed by atoms with Crippen LogP contribution < -0.4 is 10.5 Å². The molecule has 2 rings (SSSR count). The number of ether oxygens (including phenoxy) is 1. The van der Waals surface area contributed by atoms with Gasteiger partial charge < -0.3 is 10.5 Å². The van der Waals surface area contributed by atoms with Crippen molar-refractivity contribution >= 4 is 12.2 Å². The first kappa shape index (κ1) is 13.0. The van der Waals surface area contributed by atoms with Crippen molar-refractivity contribution in [3.05, 3.63) is 41.7 Å². The average molecular weight is 266 g/mol. The summed E-state index contributed by atoms with van der Waals surface area (Å²) in [6.07, 6.45) is 3.14. The fourth-order valence-corrected chi connectivity index (χ4v) is 1.50. The standard InChI is InChI=1S/C12H12F2N4O/c1-8-7-18(12(15)17-8)16-6-9-3-2-4-10(5-9)19-11(13)14/h2-7,11H,1H3,(H2,15,17). The highest BCUT2D eigenvalue weighted by Gasteiger charge is 2.04. The van der Waals surface area contributed by atoms with E-state index in [1.165, 1.54) is 23.0 Å². The minimum atomic E-state index is -2.85.